The van der Waals surface area contributed by atoms with Gasteiger partial charge in [-0.1, -0.05) is 24.3 Å². The summed E-state index contributed by atoms with van der Waals surface area (Å²) in [6.45, 7) is 2.37. The summed E-state index contributed by atoms with van der Waals surface area (Å²) in [6, 6.07) is 10.2. The van der Waals surface area contributed by atoms with Crippen LogP contribution in [0.4, 0.5) is 0 Å². The van der Waals surface area contributed by atoms with Crippen molar-refractivity contribution in [3.8, 4) is 6.07 Å². The molecular formula is C16H19N3O2. The Labute approximate surface area is 124 Å². The average Bonchev–Trinajstić information content (AvgIpc) is 2.52. The van der Waals surface area contributed by atoms with E-state index in [0.717, 1.165) is 19.5 Å². The van der Waals surface area contributed by atoms with Crippen LogP contribution in [0.25, 0.3) is 0 Å². The summed E-state index contributed by atoms with van der Waals surface area (Å²) in [5.74, 6) is -0.353. The molecule has 1 N–H and O–H groups in total. The van der Waals surface area contributed by atoms with Gasteiger partial charge in [0.2, 0.25) is 0 Å². The summed E-state index contributed by atoms with van der Waals surface area (Å²) in [7, 11) is 1.57. The van der Waals surface area contributed by atoms with Crippen molar-refractivity contribution in [2.75, 3.05) is 26.8 Å². The van der Waals surface area contributed by atoms with Crippen LogP contribution in [0, 0.1) is 11.3 Å². The molecule has 0 saturated heterocycles. The Morgan fingerprint density at radius 1 is 1.48 bits per heavy atom. The Kier molecular flexibility index (Phi) is 5.35. The van der Waals surface area contributed by atoms with Gasteiger partial charge < -0.3 is 15.0 Å². The molecule has 5 heteroatoms. The number of benzene rings is 1. The Morgan fingerprint density at radius 3 is 2.95 bits per heavy atom. The summed E-state index contributed by atoms with van der Waals surface area (Å²) in [5, 5.41) is 11.8. The van der Waals surface area contributed by atoms with Gasteiger partial charge >= 0.3 is 0 Å². The van der Waals surface area contributed by atoms with E-state index in [9.17, 15) is 4.79 Å². The normalized spacial score (nSPS) is 14.3. The molecule has 0 saturated carbocycles. The first kappa shape index (κ1) is 15.1. The lowest BCUT2D eigenvalue weighted by Crippen LogP contribution is -2.31. The van der Waals surface area contributed by atoms with E-state index in [1.54, 1.807) is 13.3 Å². The van der Waals surface area contributed by atoms with Gasteiger partial charge in [-0.15, -0.1) is 0 Å². The van der Waals surface area contributed by atoms with Gasteiger partial charge in [-0.2, -0.15) is 5.26 Å². The molecule has 21 heavy (non-hydrogen) atoms. The molecule has 1 amide bonds. The van der Waals surface area contributed by atoms with Crippen molar-refractivity contribution in [1.82, 2.24) is 10.2 Å². The number of methoxy groups -OCH3 is 1. The van der Waals surface area contributed by atoms with Gasteiger partial charge in [-0.05, 0) is 17.5 Å². The van der Waals surface area contributed by atoms with E-state index in [2.05, 4.69) is 17.4 Å². The van der Waals surface area contributed by atoms with Gasteiger partial charge in [0, 0.05) is 32.9 Å². The number of hydrogen-bond donors (Lipinski definition) is 1. The number of amides is 1. The SMILES string of the molecule is COCCNC(=O)/C(C#N)=C\N1CCc2ccccc2C1. The molecule has 0 fully saturated rings. The zero-order chi connectivity index (χ0) is 15.1. The number of hydrogen-bond acceptors (Lipinski definition) is 4. The molecule has 5 nitrogen and oxygen atoms in total. The molecule has 1 aromatic carbocycles. The lowest BCUT2D eigenvalue weighted by Gasteiger charge is -2.27. The van der Waals surface area contributed by atoms with E-state index in [-0.39, 0.29) is 11.5 Å². The second-order valence-electron chi connectivity index (χ2n) is 4.89. The maximum Gasteiger partial charge on any atom is 0.263 e. The van der Waals surface area contributed by atoms with Gasteiger partial charge in [-0.25, -0.2) is 0 Å². The first-order valence-electron chi connectivity index (χ1n) is 6.94. The number of carbonyl (C=O) groups excluding carboxylic acids is 1. The van der Waals surface area contributed by atoms with E-state index in [1.165, 1.54) is 11.1 Å². The number of rotatable bonds is 5. The van der Waals surface area contributed by atoms with Crippen molar-refractivity contribution in [3.05, 3.63) is 47.2 Å². The fourth-order valence-corrected chi connectivity index (χ4v) is 2.31. The molecule has 0 unspecified atom stereocenters. The third-order valence-electron chi connectivity index (χ3n) is 3.43. The fraction of sp³-hybridized carbons (Fsp3) is 0.375. The second kappa shape index (κ2) is 7.46. The van der Waals surface area contributed by atoms with Crippen molar-refractivity contribution in [2.45, 2.75) is 13.0 Å². The quantitative estimate of drug-likeness (QED) is 0.502. The molecule has 110 valence electrons. The van der Waals surface area contributed by atoms with Crippen LogP contribution >= 0.6 is 0 Å². The standard InChI is InChI=1S/C16H19N3O2/c1-21-9-7-18-16(20)15(10-17)12-19-8-6-13-4-2-3-5-14(13)11-19/h2-5,12H,6-9,11H2,1H3,(H,18,20)/b15-12-. The first-order chi connectivity index (χ1) is 10.2. The van der Waals surface area contributed by atoms with Crippen LogP contribution in [0.2, 0.25) is 0 Å². The highest BCUT2D eigenvalue weighted by molar-refractivity contribution is 5.97. The summed E-state index contributed by atoms with van der Waals surface area (Å²) in [5.41, 5.74) is 2.72. The Morgan fingerprint density at radius 2 is 2.24 bits per heavy atom. The van der Waals surface area contributed by atoms with Crippen LogP contribution in [0.1, 0.15) is 11.1 Å². The maximum absolute atomic E-state index is 11.9. The minimum absolute atomic E-state index is 0.130. The largest absolute Gasteiger partial charge is 0.383 e. The van der Waals surface area contributed by atoms with Crippen LogP contribution in [-0.2, 0) is 22.5 Å². The van der Waals surface area contributed by atoms with E-state index in [1.807, 2.05) is 23.1 Å². The summed E-state index contributed by atoms with van der Waals surface area (Å²) >= 11 is 0. The zero-order valence-electron chi connectivity index (χ0n) is 12.1. The third-order valence-corrected chi connectivity index (χ3v) is 3.43. The molecule has 2 rings (SSSR count). The molecule has 1 aliphatic rings. The van der Waals surface area contributed by atoms with Crippen LogP contribution < -0.4 is 5.32 Å². The molecular weight excluding hydrogens is 266 g/mol. The van der Waals surface area contributed by atoms with Crippen molar-refractivity contribution in [2.24, 2.45) is 0 Å². The van der Waals surface area contributed by atoms with Crippen molar-refractivity contribution >= 4 is 5.91 Å². The van der Waals surface area contributed by atoms with Gasteiger partial charge in [0.15, 0.2) is 0 Å². The predicted molar refractivity (Wildman–Crippen MR) is 79.1 cm³/mol. The van der Waals surface area contributed by atoms with Gasteiger partial charge in [0.1, 0.15) is 11.6 Å². The van der Waals surface area contributed by atoms with E-state index >= 15 is 0 Å². The fourth-order valence-electron chi connectivity index (χ4n) is 2.31. The maximum atomic E-state index is 11.9. The predicted octanol–water partition coefficient (Wildman–Crippen LogP) is 1.21. The highest BCUT2D eigenvalue weighted by Gasteiger charge is 2.16. The number of nitrogens with zero attached hydrogens (tertiary/aromatic N) is 2. The molecule has 1 aliphatic heterocycles. The number of ether oxygens (including phenoxy) is 1. The smallest absolute Gasteiger partial charge is 0.263 e. The number of carbonyl (C=O) groups is 1. The highest BCUT2D eigenvalue weighted by Crippen LogP contribution is 2.19. The van der Waals surface area contributed by atoms with Gasteiger partial charge in [-0.3, -0.25) is 4.79 Å². The summed E-state index contributed by atoms with van der Waals surface area (Å²) in [6.07, 6.45) is 2.58. The highest BCUT2D eigenvalue weighted by atomic mass is 16.5. The molecule has 0 radical (unpaired) electrons. The Hall–Kier alpha value is -2.32. The van der Waals surface area contributed by atoms with Crippen LogP contribution in [-0.4, -0.2) is 37.6 Å². The Balaban J connectivity index is 2.01. The van der Waals surface area contributed by atoms with Crippen molar-refractivity contribution in [1.29, 1.82) is 5.26 Å². The van der Waals surface area contributed by atoms with Crippen molar-refractivity contribution < 1.29 is 9.53 Å². The minimum atomic E-state index is -0.353. The zero-order valence-corrected chi connectivity index (χ0v) is 12.1. The molecule has 0 bridgehead atoms. The summed E-state index contributed by atoms with van der Waals surface area (Å²) < 4.78 is 4.87. The van der Waals surface area contributed by atoms with E-state index < -0.39 is 0 Å². The lowest BCUT2D eigenvalue weighted by atomic mass is 10.0. The van der Waals surface area contributed by atoms with Gasteiger partial charge in [0.05, 0.1) is 6.61 Å². The number of nitriles is 1. The molecule has 0 aliphatic carbocycles. The molecule has 1 aromatic rings. The van der Waals surface area contributed by atoms with E-state index in [0.29, 0.717) is 13.2 Å². The topological polar surface area (TPSA) is 65.4 Å². The number of fused-ring (bicyclic) bond motifs is 1. The molecule has 1 heterocycles. The third kappa shape index (κ3) is 4.07. The van der Waals surface area contributed by atoms with Crippen molar-refractivity contribution in [3.63, 3.8) is 0 Å². The van der Waals surface area contributed by atoms with E-state index in [4.69, 9.17) is 10.00 Å². The lowest BCUT2D eigenvalue weighted by molar-refractivity contribution is -0.117. The first-order valence-corrected chi connectivity index (χ1v) is 6.94. The monoisotopic (exact) mass is 285 g/mol. The Bertz CT molecular complexity index is 575. The average molecular weight is 285 g/mol. The van der Waals surface area contributed by atoms with Crippen LogP contribution in [0.5, 0.6) is 0 Å². The minimum Gasteiger partial charge on any atom is -0.383 e. The molecule has 0 spiro atoms. The molecule has 0 atom stereocenters. The second-order valence-corrected chi connectivity index (χ2v) is 4.89. The molecule has 0 aromatic heterocycles. The van der Waals surface area contributed by atoms with Gasteiger partial charge in [0.25, 0.3) is 5.91 Å². The number of nitrogens with one attached hydrogen (secondary N) is 1. The summed E-state index contributed by atoms with van der Waals surface area (Å²) in [4.78, 5) is 13.9. The van der Waals surface area contributed by atoms with Crippen LogP contribution in [0.15, 0.2) is 36.0 Å². The van der Waals surface area contributed by atoms with Crippen LogP contribution in [0.3, 0.4) is 0 Å².